The second-order valence-electron chi connectivity index (χ2n) is 6.06. The first-order chi connectivity index (χ1) is 10.6. The molecule has 0 amide bonds. The molecule has 1 aliphatic rings. The number of hydrogen-bond donors (Lipinski definition) is 2. The number of aryl methyl sites for hydroxylation is 2. The van der Waals surface area contributed by atoms with Crippen molar-refractivity contribution in [2.45, 2.75) is 33.1 Å². The fraction of sp³-hybridized carbons (Fsp3) is 0.625. The normalized spacial score (nSPS) is 17.7. The van der Waals surface area contributed by atoms with E-state index in [1.54, 1.807) is 11.3 Å². The zero-order chi connectivity index (χ0) is 15.7. The molecule has 0 fully saturated rings. The van der Waals surface area contributed by atoms with Crippen molar-refractivity contribution in [1.82, 2.24) is 9.97 Å². The van der Waals surface area contributed by atoms with Gasteiger partial charge < -0.3 is 15.1 Å². The molecule has 5 nitrogen and oxygen atoms in total. The second-order valence-corrected chi connectivity index (χ2v) is 7.14. The van der Waals surface area contributed by atoms with Gasteiger partial charge in [-0.25, -0.2) is 9.97 Å². The largest absolute Gasteiger partial charge is 0.395 e. The zero-order valence-electron chi connectivity index (χ0n) is 13.2. The summed E-state index contributed by atoms with van der Waals surface area (Å²) in [6, 6.07) is 0. The van der Waals surface area contributed by atoms with Gasteiger partial charge in [0.05, 0.1) is 18.6 Å². The molecule has 0 saturated carbocycles. The number of rotatable bonds is 5. The summed E-state index contributed by atoms with van der Waals surface area (Å²) >= 11 is 1.78. The van der Waals surface area contributed by atoms with Crippen LogP contribution in [0.15, 0.2) is 0 Å². The molecule has 6 heteroatoms. The Morgan fingerprint density at radius 3 is 2.64 bits per heavy atom. The molecule has 0 aliphatic heterocycles. The molecule has 3 rings (SSSR count). The van der Waals surface area contributed by atoms with Gasteiger partial charge in [0.2, 0.25) is 0 Å². The molecule has 1 atom stereocenters. The second kappa shape index (κ2) is 6.48. The van der Waals surface area contributed by atoms with Crippen LogP contribution in [0.3, 0.4) is 0 Å². The molecule has 2 aromatic rings. The summed E-state index contributed by atoms with van der Waals surface area (Å²) in [5.41, 5.74) is 1.38. The van der Waals surface area contributed by atoms with Gasteiger partial charge in [-0.1, -0.05) is 6.92 Å². The number of thiophene rings is 1. The van der Waals surface area contributed by atoms with Crippen LogP contribution in [-0.2, 0) is 12.8 Å². The molecule has 0 aromatic carbocycles. The van der Waals surface area contributed by atoms with E-state index in [2.05, 4.69) is 16.9 Å². The topological polar surface area (TPSA) is 69.5 Å². The van der Waals surface area contributed by atoms with Crippen molar-refractivity contribution in [2.24, 2.45) is 5.92 Å². The smallest absolute Gasteiger partial charge is 0.141 e. The zero-order valence-corrected chi connectivity index (χ0v) is 14.0. The summed E-state index contributed by atoms with van der Waals surface area (Å²) in [4.78, 5) is 13.7. The van der Waals surface area contributed by atoms with Gasteiger partial charge in [-0.2, -0.15) is 0 Å². The van der Waals surface area contributed by atoms with E-state index >= 15 is 0 Å². The molecule has 0 bridgehead atoms. The first-order valence-corrected chi connectivity index (χ1v) is 8.71. The number of aromatic nitrogens is 2. The van der Waals surface area contributed by atoms with E-state index in [9.17, 15) is 10.2 Å². The van der Waals surface area contributed by atoms with E-state index in [1.165, 1.54) is 16.9 Å². The van der Waals surface area contributed by atoms with E-state index in [0.717, 1.165) is 40.6 Å². The van der Waals surface area contributed by atoms with Gasteiger partial charge >= 0.3 is 0 Å². The third-order valence-electron chi connectivity index (χ3n) is 4.29. The Hall–Kier alpha value is -1.24. The van der Waals surface area contributed by atoms with Gasteiger partial charge in [0.1, 0.15) is 16.5 Å². The van der Waals surface area contributed by atoms with E-state index in [4.69, 9.17) is 0 Å². The van der Waals surface area contributed by atoms with Crippen LogP contribution in [0, 0.1) is 12.8 Å². The minimum Gasteiger partial charge on any atom is -0.395 e. The van der Waals surface area contributed by atoms with Crippen molar-refractivity contribution in [3.8, 4) is 0 Å². The summed E-state index contributed by atoms with van der Waals surface area (Å²) in [6.45, 7) is 5.26. The number of fused-ring (bicyclic) bond motifs is 3. The summed E-state index contributed by atoms with van der Waals surface area (Å²) in [6.07, 6.45) is 3.39. The molecule has 1 aliphatic carbocycles. The van der Waals surface area contributed by atoms with Gasteiger partial charge in [-0.3, -0.25) is 0 Å². The maximum Gasteiger partial charge on any atom is 0.141 e. The molecule has 0 radical (unpaired) electrons. The third kappa shape index (κ3) is 2.83. The summed E-state index contributed by atoms with van der Waals surface area (Å²) in [7, 11) is 0. The lowest BCUT2D eigenvalue weighted by atomic mass is 9.89. The summed E-state index contributed by atoms with van der Waals surface area (Å²) in [5, 5.41) is 19.8. The van der Waals surface area contributed by atoms with Crippen molar-refractivity contribution >= 4 is 27.4 Å². The molecular formula is C16H23N3O2S. The lowest BCUT2D eigenvalue weighted by Gasteiger charge is -2.24. The molecule has 2 N–H and O–H groups in total. The number of nitrogens with zero attached hydrogens (tertiary/aromatic N) is 3. The standard InChI is InChI=1S/C16H23N3O2S/c1-10-3-4-12-13(9-10)22-16-14(12)15(17-11(2)18-16)19(5-7-20)6-8-21/h10,20-21H,3-9H2,1-2H3. The van der Waals surface area contributed by atoms with Gasteiger partial charge in [0, 0.05) is 18.0 Å². The first kappa shape index (κ1) is 15.6. The first-order valence-electron chi connectivity index (χ1n) is 7.89. The molecule has 0 spiro atoms. The Kier molecular flexibility index (Phi) is 4.61. The van der Waals surface area contributed by atoms with Crippen molar-refractivity contribution in [2.75, 3.05) is 31.2 Å². The predicted molar refractivity (Wildman–Crippen MR) is 89.7 cm³/mol. The number of anilines is 1. The van der Waals surface area contributed by atoms with Gasteiger partial charge in [-0.15, -0.1) is 11.3 Å². The van der Waals surface area contributed by atoms with Crippen molar-refractivity contribution in [1.29, 1.82) is 0 Å². The highest BCUT2D eigenvalue weighted by Crippen LogP contribution is 2.40. The van der Waals surface area contributed by atoms with Crippen LogP contribution in [0.2, 0.25) is 0 Å². The molecule has 22 heavy (non-hydrogen) atoms. The van der Waals surface area contributed by atoms with E-state index in [-0.39, 0.29) is 13.2 Å². The predicted octanol–water partition coefficient (Wildman–Crippen LogP) is 1.92. The van der Waals surface area contributed by atoms with Crippen LogP contribution in [0.5, 0.6) is 0 Å². The Bertz CT molecular complexity index is 665. The van der Waals surface area contributed by atoms with Crippen molar-refractivity contribution in [3.05, 3.63) is 16.3 Å². The quantitative estimate of drug-likeness (QED) is 0.880. The Morgan fingerprint density at radius 2 is 1.95 bits per heavy atom. The van der Waals surface area contributed by atoms with E-state index in [1.807, 2.05) is 11.8 Å². The molecule has 1 unspecified atom stereocenters. The highest BCUT2D eigenvalue weighted by Gasteiger charge is 2.25. The van der Waals surface area contributed by atoms with Crippen LogP contribution in [0.1, 0.15) is 29.6 Å². The van der Waals surface area contributed by atoms with Gasteiger partial charge in [0.15, 0.2) is 0 Å². The lowest BCUT2D eigenvalue weighted by Crippen LogP contribution is -2.31. The summed E-state index contributed by atoms with van der Waals surface area (Å²) in [5.74, 6) is 2.34. The van der Waals surface area contributed by atoms with Crippen LogP contribution in [-0.4, -0.2) is 46.5 Å². The van der Waals surface area contributed by atoms with Gasteiger partial charge in [-0.05, 0) is 37.7 Å². The lowest BCUT2D eigenvalue weighted by molar-refractivity contribution is 0.281. The van der Waals surface area contributed by atoms with Crippen LogP contribution < -0.4 is 4.90 Å². The third-order valence-corrected chi connectivity index (χ3v) is 5.44. The molecule has 120 valence electrons. The number of aliphatic hydroxyl groups is 2. The Labute approximate surface area is 134 Å². The Balaban J connectivity index is 2.15. The van der Waals surface area contributed by atoms with E-state index in [0.29, 0.717) is 13.1 Å². The molecule has 2 heterocycles. The van der Waals surface area contributed by atoms with Crippen molar-refractivity contribution < 1.29 is 10.2 Å². The maximum atomic E-state index is 9.33. The molecular weight excluding hydrogens is 298 g/mol. The average molecular weight is 321 g/mol. The van der Waals surface area contributed by atoms with Crippen LogP contribution in [0.4, 0.5) is 5.82 Å². The fourth-order valence-corrected chi connectivity index (χ4v) is 4.64. The Morgan fingerprint density at radius 1 is 1.23 bits per heavy atom. The molecule has 2 aromatic heterocycles. The highest BCUT2D eigenvalue weighted by molar-refractivity contribution is 7.19. The highest BCUT2D eigenvalue weighted by atomic mass is 32.1. The summed E-state index contributed by atoms with van der Waals surface area (Å²) < 4.78 is 0. The van der Waals surface area contributed by atoms with E-state index < -0.39 is 0 Å². The minimum atomic E-state index is 0.0495. The maximum absolute atomic E-state index is 9.33. The van der Waals surface area contributed by atoms with Crippen LogP contribution in [0.25, 0.3) is 10.2 Å². The van der Waals surface area contributed by atoms with Crippen molar-refractivity contribution in [3.63, 3.8) is 0 Å². The fourth-order valence-electron chi connectivity index (χ4n) is 3.22. The molecule has 0 saturated heterocycles. The van der Waals surface area contributed by atoms with Gasteiger partial charge in [0.25, 0.3) is 0 Å². The SMILES string of the molecule is Cc1nc(N(CCO)CCO)c2c3c(sc2n1)CC(C)CC3. The number of aliphatic hydroxyl groups excluding tert-OH is 2. The average Bonchev–Trinajstić information content (AvgIpc) is 2.83. The minimum absolute atomic E-state index is 0.0495. The monoisotopic (exact) mass is 321 g/mol. The number of hydrogen-bond acceptors (Lipinski definition) is 6. The van der Waals surface area contributed by atoms with Crippen LogP contribution >= 0.6 is 11.3 Å².